The van der Waals surface area contributed by atoms with Crippen LogP contribution in [-0.2, 0) is 0 Å². The summed E-state index contributed by atoms with van der Waals surface area (Å²) in [6, 6.07) is 3.06. The van der Waals surface area contributed by atoms with Gasteiger partial charge in [-0.05, 0) is 18.2 Å². The van der Waals surface area contributed by atoms with E-state index in [0.29, 0.717) is 6.07 Å². The van der Waals surface area contributed by atoms with Crippen LogP contribution in [0.2, 0.25) is 0 Å². The lowest BCUT2D eigenvalue weighted by atomic mass is 10.2. The third-order valence-corrected chi connectivity index (χ3v) is 2.04. The predicted molar refractivity (Wildman–Crippen MR) is 56.3 cm³/mol. The molecule has 0 atom stereocenters. The Balaban J connectivity index is 2.16. The Morgan fingerprint density at radius 3 is 2.50 bits per heavy atom. The molecule has 2 rings (SSSR count). The van der Waals surface area contributed by atoms with Crippen molar-refractivity contribution in [1.29, 1.82) is 0 Å². The molecule has 0 radical (unpaired) electrons. The van der Waals surface area contributed by atoms with Crippen molar-refractivity contribution in [2.24, 2.45) is 0 Å². The first-order valence-electron chi connectivity index (χ1n) is 4.80. The highest BCUT2D eigenvalue weighted by atomic mass is 19.2. The highest BCUT2D eigenvalue weighted by molar-refractivity contribution is 6.03. The van der Waals surface area contributed by atoms with Gasteiger partial charge < -0.3 is 5.32 Å². The van der Waals surface area contributed by atoms with Gasteiger partial charge in [-0.15, -0.1) is 0 Å². The van der Waals surface area contributed by atoms with Gasteiger partial charge in [0.15, 0.2) is 5.82 Å². The van der Waals surface area contributed by atoms with Gasteiger partial charge >= 0.3 is 0 Å². The summed E-state index contributed by atoms with van der Waals surface area (Å²) in [5.74, 6) is -3.90. The molecule has 0 saturated carbocycles. The van der Waals surface area contributed by atoms with Crippen LogP contribution in [0.1, 0.15) is 10.4 Å². The fraction of sp³-hybridized carbons (Fsp3) is 0. The van der Waals surface area contributed by atoms with Gasteiger partial charge in [0, 0.05) is 6.20 Å². The first-order valence-corrected chi connectivity index (χ1v) is 4.80. The SMILES string of the molecule is O=C(Nc1ccc(F)nc1)c1cnc(F)c(F)c1. The van der Waals surface area contributed by atoms with Crippen molar-refractivity contribution in [3.05, 3.63) is 53.9 Å². The maximum absolute atomic E-state index is 12.9. The molecule has 0 spiro atoms. The van der Waals surface area contributed by atoms with Crippen molar-refractivity contribution >= 4 is 11.6 Å². The fourth-order valence-corrected chi connectivity index (χ4v) is 1.20. The van der Waals surface area contributed by atoms with E-state index in [2.05, 4.69) is 15.3 Å². The van der Waals surface area contributed by atoms with E-state index in [0.717, 1.165) is 18.5 Å². The lowest BCUT2D eigenvalue weighted by Gasteiger charge is -2.04. The molecule has 1 amide bonds. The number of carbonyl (C=O) groups is 1. The summed E-state index contributed by atoms with van der Waals surface area (Å²) in [7, 11) is 0. The molecule has 2 aromatic rings. The Kier molecular flexibility index (Phi) is 3.22. The first-order chi connectivity index (χ1) is 8.56. The van der Waals surface area contributed by atoms with Crippen LogP contribution in [0.25, 0.3) is 0 Å². The monoisotopic (exact) mass is 253 g/mol. The molecule has 2 aromatic heterocycles. The number of anilines is 1. The molecule has 0 saturated heterocycles. The zero-order valence-corrected chi connectivity index (χ0v) is 8.82. The van der Waals surface area contributed by atoms with Gasteiger partial charge in [-0.25, -0.2) is 14.4 Å². The van der Waals surface area contributed by atoms with Gasteiger partial charge in [0.25, 0.3) is 5.91 Å². The van der Waals surface area contributed by atoms with Crippen molar-refractivity contribution in [2.45, 2.75) is 0 Å². The number of halogens is 3. The maximum atomic E-state index is 12.9. The van der Waals surface area contributed by atoms with Gasteiger partial charge in [-0.1, -0.05) is 0 Å². The Morgan fingerprint density at radius 2 is 1.89 bits per heavy atom. The van der Waals surface area contributed by atoms with E-state index in [1.807, 2.05) is 0 Å². The van der Waals surface area contributed by atoms with Crippen molar-refractivity contribution < 1.29 is 18.0 Å². The molecule has 0 unspecified atom stereocenters. The number of hydrogen-bond donors (Lipinski definition) is 1. The third kappa shape index (κ3) is 2.62. The van der Waals surface area contributed by atoms with E-state index in [-0.39, 0.29) is 11.3 Å². The number of carbonyl (C=O) groups excluding carboxylic acids is 1. The number of nitrogens with zero attached hydrogens (tertiary/aromatic N) is 2. The quantitative estimate of drug-likeness (QED) is 0.834. The zero-order chi connectivity index (χ0) is 13.1. The minimum atomic E-state index is -1.28. The van der Waals surface area contributed by atoms with Crippen LogP contribution in [0.15, 0.2) is 30.6 Å². The summed E-state index contributed by atoms with van der Waals surface area (Å²) in [5, 5.41) is 2.33. The molecule has 0 aliphatic carbocycles. The van der Waals surface area contributed by atoms with Gasteiger partial charge in [-0.3, -0.25) is 4.79 Å². The average Bonchev–Trinajstić information content (AvgIpc) is 2.35. The van der Waals surface area contributed by atoms with Crippen LogP contribution < -0.4 is 5.32 Å². The van der Waals surface area contributed by atoms with Crippen LogP contribution in [0.5, 0.6) is 0 Å². The Bertz CT molecular complexity index is 587. The molecule has 4 nitrogen and oxygen atoms in total. The maximum Gasteiger partial charge on any atom is 0.257 e. The number of rotatable bonds is 2. The molecule has 7 heteroatoms. The highest BCUT2D eigenvalue weighted by Crippen LogP contribution is 2.10. The lowest BCUT2D eigenvalue weighted by molar-refractivity contribution is 0.102. The molecule has 0 bridgehead atoms. The molecule has 1 N–H and O–H groups in total. The predicted octanol–water partition coefficient (Wildman–Crippen LogP) is 2.15. The van der Waals surface area contributed by atoms with E-state index >= 15 is 0 Å². The summed E-state index contributed by atoms with van der Waals surface area (Å²) < 4.78 is 37.9. The van der Waals surface area contributed by atoms with Gasteiger partial charge in [0.05, 0.1) is 17.4 Å². The second kappa shape index (κ2) is 4.82. The van der Waals surface area contributed by atoms with Crippen molar-refractivity contribution in [2.75, 3.05) is 5.32 Å². The number of aromatic nitrogens is 2. The molecule has 0 aromatic carbocycles. The first kappa shape index (κ1) is 12.0. The van der Waals surface area contributed by atoms with Crippen LogP contribution in [-0.4, -0.2) is 15.9 Å². The second-order valence-electron chi connectivity index (χ2n) is 3.32. The average molecular weight is 253 g/mol. The van der Waals surface area contributed by atoms with Gasteiger partial charge in [-0.2, -0.15) is 8.78 Å². The van der Waals surface area contributed by atoms with E-state index in [4.69, 9.17) is 0 Å². The summed E-state index contributed by atoms with van der Waals surface area (Å²) in [6.07, 6.45) is 1.99. The smallest absolute Gasteiger partial charge is 0.257 e. The highest BCUT2D eigenvalue weighted by Gasteiger charge is 2.11. The van der Waals surface area contributed by atoms with E-state index < -0.39 is 23.6 Å². The molecule has 2 heterocycles. The van der Waals surface area contributed by atoms with Crippen LogP contribution in [0.4, 0.5) is 18.9 Å². The fourth-order valence-electron chi connectivity index (χ4n) is 1.20. The molecule has 92 valence electrons. The third-order valence-electron chi connectivity index (χ3n) is 2.04. The van der Waals surface area contributed by atoms with Crippen LogP contribution in [0.3, 0.4) is 0 Å². The second-order valence-corrected chi connectivity index (χ2v) is 3.32. The number of pyridine rings is 2. The molecule has 0 aliphatic rings. The summed E-state index contributed by atoms with van der Waals surface area (Å²) in [6.45, 7) is 0. The Labute approximate surface area is 99.5 Å². The van der Waals surface area contributed by atoms with Crippen molar-refractivity contribution in [3.63, 3.8) is 0 Å². The van der Waals surface area contributed by atoms with Crippen molar-refractivity contribution in [1.82, 2.24) is 9.97 Å². The minimum Gasteiger partial charge on any atom is -0.321 e. The van der Waals surface area contributed by atoms with Crippen molar-refractivity contribution in [3.8, 4) is 0 Å². The molecular weight excluding hydrogens is 247 g/mol. The molecule has 0 aliphatic heterocycles. The van der Waals surface area contributed by atoms with Gasteiger partial charge in [0.2, 0.25) is 11.9 Å². The Morgan fingerprint density at radius 1 is 1.11 bits per heavy atom. The number of hydrogen-bond acceptors (Lipinski definition) is 3. The molecular formula is C11H6F3N3O. The summed E-state index contributed by atoms with van der Waals surface area (Å²) in [5.41, 5.74) is 0.0735. The summed E-state index contributed by atoms with van der Waals surface area (Å²) in [4.78, 5) is 18.0. The molecule has 0 fully saturated rings. The van der Waals surface area contributed by atoms with Crippen LogP contribution >= 0.6 is 0 Å². The van der Waals surface area contributed by atoms with E-state index in [1.165, 1.54) is 6.07 Å². The normalized spacial score (nSPS) is 10.2. The standard InChI is InChI=1S/C11H6F3N3O/c12-8-3-6(4-16-10(8)14)11(18)17-7-1-2-9(13)15-5-7/h1-5H,(H,17,18). The Hall–Kier alpha value is -2.44. The van der Waals surface area contributed by atoms with E-state index in [1.54, 1.807) is 0 Å². The summed E-state index contributed by atoms with van der Waals surface area (Å²) >= 11 is 0. The number of nitrogens with one attached hydrogen (secondary N) is 1. The molecule has 18 heavy (non-hydrogen) atoms. The largest absolute Gasteiger partial charge is 0.321 e. The van der Waals surface area contributed by atoms with Crippen LogP contribution in [0, 0.1) is 17.7 Å². The topological polar surface area (TPSA) is 54.9 Å². The van der Waals surface area contributed by atoms with Gasteiger partial charge in [0.1, 0.15) is 0 Å². The zero-order valence-electron chi connectivity index (χ0n) is 8.82. The lowest BCUT2D eigenvalue weighted by Crippen LogP contribution is -2.13. The minimum absolute atomic E-state index is 0.154. The van der Waals surface area contributed by atoms with E-state index in [9.17, 15) is 18.0 Å². The number of amides is 1.